The van der Waals surface area contributed by atoms with Crippen molar-refractivity contribution < 1.29 is 9.84 Å². The summed E-state index contributed by atoms with van der Waals surface area (Å²) < 4.78 is 5.63. The molecule has 102 valence electrons. The minimum Gasteiger partial charge on any atom is -0.489 e. The number of ether oxygens (including phenoxy) is 1. The summed E-state index contributed by atoms with van der Waals surface area (Å²) in [6.07, 6.45) is -0.418. The van der Waals surface area contributed by atoms with E-state index in [1.54, 1.807) is 6.92 Å². The predicted molar refractivity (Wildman–Crippen MR) is 76.0 cm³/mol. The standard InChI is InChI=1S/C14H24N2O2/c1-9(2)18-12-8-6-7-11(13(12)15)16-14(4,5)10(3)17/h6-10,16-17H,15H2,1-5H3. The molecule has 1 unspecified atom stereocenters. The number of anilines is 2. The average molecular weight is 252 g/mol. The zero-order valence-corrected chi connectivity index (χ0v) is 11.8. The van der Waals surface area contributed by atoms with Gasteiger partial charge >= 0.3 is 0 Å². The van der Waals surface area contributed by atoms with Crippen LogP contribution < -0.4 is 15.8 Å². The Balaban J connectivity index is 2.97. The van der Waals surface area contributed by atoms with Gasteiger partial charge in [-0.1, -0.05) is 6.07 Å². The molecule has 0 fully saturated rings. The second-order valence-electron chi connectivity index (χ2n) is 5.41. The topological polar surface area (TPSA) is 67.5 Å². The minimum absolute atomic E-state index is 0.0762. The normalized spacial score (nSPS) is 13.5. The first-order valence-electron chi connectivity index (χ1n) is 6.25. The summed E-state index contributed by atoms with van der Waals surface area (Å²) in [6.45, 7) is 9.51. The first-order chi connectivity index (χ1) is 8.24. The first-order valence-corrected chi connectivity index (χ1v) is 6.25. The highest BCUT2D eigenvalue weighted by molar-refractivity contribution is 5.73. The minimum atomic E-state index is -0.494. The highest BCUT2D eigenvalue weighted by atomic mass is 16.5. The number of rotatable bonds is 5. The van der Waals surface area contributed by atoms with Crippen LogP contribution in [0.5, 0.6) is 5.75 Å². The van der Waals surface area contributed by atoms with Crippen LogP contribution in [0.1, 0.15) is 34.6 Å². The molecule has 1 atom stereocenters. The molecule has 0 aliphatic carbocycles. The van der Waals surface area contributed by atoms with Gasteiger partial charge < -0.3 is 20.9 Å². The van der Waals surface area contributed by atoms with Gasteiger partial charge in [-0.15, -0.1) is 0 Å². The van der Waals surface area contributed by atoms with Gasteiger partial charge in [0.2, 0.25) is 0 Å². The van der Waals surface area contributed by atoms with Crippen molar-refractivity contribution in [1.29, 1.82) is 0 Å². The van der Waals surface area contributed by atoms with Crippen molar-refractivity contribution in [2.75, 3.05) is 11.1 Å². The molecule has 18 heavy (non-hydrogen) atoms. The fourth-order valence-corrected chi connectivity index (χ4v) is 1.46. The lowest BCUT2D eigenvalue weighted by molar-refractivity contribution is 0.133. The lowest BCUT2D eigenvalue weighted by Gasteiger charge is -2.31. The largest absolute Gasteiger partial charge is 0.489 e. The third-order valence-corrected chi connectivity index (χ3v) is 2.93. The van der Waals surface area contributed by atoms with E-state index in [0.717, 1.165) is 5.69 Å². The number of hydrogen-bond acceptors (Lipinski definition) is 4. The zero-order valence-electron chi connectivity index (χ0n) is 11.8. The lowest BCUT2D eigenvalue weighted by Crippen LogP contribution is -2.42. The molecule has 0 bridgehead atoms. The third-order valence-electron chi connectivity index (χ3n) is 2.93. The number of nitrogens with two attached hydrogens (primary N) is 1. The van der Waals surface area contributed by atoms with E-state index in [9.17, 15) is 5.11 Å². The summed E-state index contributed by atoms with van der Waals surface area (Å²) in [5, 5.41) is 13.0. The molecule has 4 heteroatoms. The molecule has 0 aromatic heterocycles. The quantitative estimate of drug-likeness (QED) is 0.705. The van der Waals surface area contributed by atoms with Gasteiger partial charge in [0, 0.05) is 0 Å². The summed E-state index contributed by atoms with van der Waals surface area (Å²) in [5.74, 6) is 0.663. The number of para-hydroxylation sites is 1. The van der Waals surface area contributed by atoms with E-state index < -0.39 is 11.6 Å². The Morgan fingerprint density at radius 1 is 1.28 bits per heavy atom. The van der Waals surface area contributed by atoms with Crippen LogP contribution in [0.3, 0.4) is 0 Å². The molecule has 0 heterocycles. The Bertz CT molecular complexity index is 401. The number of aliphatic hydroxyl groups is 1. The van der Waals surface area contributed by atoms with Gasteiger partial charge in [0.15, 0.2) is 0 Å². The Hall–Kier alpha value is -1.42. The van der Waals surface area contributed by atoms with Crippen LogP contribution in [0.15, 0.2) is 18.2 Å². The highest BCUT2D eigenvalue weighted by Crippen LogP contribution is 2.32. The molecule has 4 nitrogen and oxygen atoms in total. The summed E-state index contributed by atoms with van der Waals surface area (Å²) in [6, 6.07) is 5.61. The van der Waals surface area contributed by atoms with Crippen LogP contribution in [0, 0.1) is 0 Å². The molecule has 4 N–H and O–H groups in total. The van der Waals surface area contributed by atoms with E-state index in [0.29, 0.717) is 11.4 Å². The van der Waals surface area contributed by atoms with Gasteiger partial charge in [-0.05, 0) is 46.8 Å². The number of aliphatic hydroxyl groups excluding tert-OH is 1. The van der Waals surface area contributed by atoms with E-state index in [1.165, 1.54) is 0 Å². The molecule has 0 radical (unpaired) electrons. The van der Waals surface area contributed by atoms with Gasteiger partial charge in [-0.3, -0.25) is 0 Å². The number of nitrogen functional groups attached to an aromatic ring is 1. The van der Waals surface area contributed by atoms with Gasteiger partial charge in [-0.2, -0.15) is 0 Å². The number of benzene rings is 1. The van der Waals surface area contributed by atoms with Crippen molar-refractivity contribution in [3.63, 3.8) is 0 Å². The molecular formula is C14H24N2O2. The second kappa shape index (κ2) is 5.48. The summed E-state index contributed by atoms with van der Waals surface area (Å²) in [7, 11) is 0. The summed E-state index contributed by atoms with van der Waals surface area (Å²) in [4.78, 5) is 0. The number of hydrogen-bond donors (Lipinski definition) is 3. The monoisotopic (exact) mass is 252 g/mol. The molecule has 0 aliphatic rings. The van der Waals surface area contributed by atoms with Crippen molar-refractivity contribution in [2.45, 2.75) is 52.4 Å². The SMILES string of the molecule is CC(C)Oc1cccc(NC(C)(C)C(C)O)c1N. The van der Waals surface area contributed by atoms with E-state index in [2.05, 4.69) is 5.32 Å². The van der Waals surface area contributed by atoms with Gasteiger partial charge in [0.05, 0.1) is 29.1 Å². The Labute approximate surface area is 109 Å². The van der Waals surface area contributed by atoms with E-state index in [-0.39, 0.29) is 6.10 Å². The maximum atomic E-state index is 9.71. The molecule has 0 amide bonds. The molecule has 1 aromatic rings. The fraction of sp³-hybridized carbons (Fsp3) is 0.571. The maximum Gasteiger partial charge on any atom is 0.144 e. The van der Waals surface area contributed by atoms with Crippen molar-refractivity contribution >= 4 is 11.4 Å². The Morgan fingerprint density at radius 3 is 2.39 bits per heavy atom. The smallest absolute Gasteiger partial charge is 0.144 e. The van der Waals surface area contributed by atoms with Crippen LogP contribution in [0.25, 0.3) is 0 Å². The van der Waals surface area contributed by atoms with E-state index in [1.807, 2.05) is 45.9 Å². The molecule has 1 aromatic carbocycles. The van der Waals surface area contributed by atoms with Gasteiger partial charge in [0.25, 0.3) is 0 Å². The fourth-order valence-electron chi connectivity index (χ4n) is 1.46. The van der Waals surface area contributed by atoms with Crippen LogP contribution >= 0.6 is 0 Å². The van der Waals surface area contributed by atoms with Crippen LogP contribution in [0.2, 0.25) is 0 Å². The average Bonchev–Trinajstić information content (AvgIpc) is 2.23. The van der Waals surface area contributed by atoms with Crippen LogP contribution in [0.4, 0.5) is 11.4 Å². The van der Waals surface area contributed by atoms with Crippen LogP contribution in [-0.2, 0) is 0 Å². The van der Waals surface area contributed by atoms with Crippen molar-refractivity contribution in [3.05, 3.63) is 18.2 Å². The summed E-state index contributed by atoms with van der Waals surface area (Å²) in [5.41, 5.74) is 6.96. The van der Waals surface area contributed by atoms with Crippen LogP contribution in [-0.4, -0.2) is 22.9 Å². The first kappa shape index (κ1) is 14.6. The maximum absolute atomic E-state index is 9.71. The highest BCUT2D eigenvalue weighted by Gasteiger charge is 2.24. The lowest BCUT2D eigenvalue weighted by atomic mass is 9.98. The molecule has 0 aliphatic heterocycles. The second-order valence-corrected chi connectivity index (χ2v) is 5.41. The summed E-state index contributed by atoms with van der Waals surface area (Å²) >= 11 is 0. The van der Waals surface area contributed by atoms with Gasteiger partial charge in [0.1, 0.15) is 5.75 Å². The third kappa shape index (κ3) is 3.53. The molecule has 1 rings (SSSR count). The predicted octanol–water partition coefficient (Wildman–Crippen LogP) is 2.63. The van der Waals surface area contributed by atoms with Crippen molar-refractivity contribution in [2.24, 2.45) is 0 Å². The molecule has 0 saturated heterocycles. The molecule has 0 spiro atoms. The zero-order chi connectivity index (χ0) is 13.9. The van der Waals surface area contributed by atoms with E-state index in [4.69, 9.17) is 10.5 Å². The van der Waals surface area contributed by atoms with Gasteiger partial charge in [-0.25, -0.2) is 0 Å². The molecule has 0 saturated carbocycles. The van der Waals surface area contributed by atoms with Crippen molar-refractivity contribution in [3.8, 4) is 5.75 Å². The Kier molecular flexibility index (Phi) is 4.46. The van der Waals surface area contributed by atoms with E-state index >= 15 is 0 Å². The Morgan fingerprint density at radius 2 is 1.89 bits per heavy atom. The molecular weight excluding hydrogens is 228 g/mol. The number of nitrogens with one attached hydrogen (secondary N) is 1. The van der Waals surface area contributed by atoms with Crippen molar-refractivity contribution in [1.82, 2.24) is 0 Å².